The minimum absolute atomic E-state index is 0.0506. The number of esters is 2. The molecule has 0 aromatic rings. The van der Waals surface area contributed by atoms with E-state index in [1.807, 2.05) is 0 Å². The third kappa shape index (κ3) is 77.0. The lowest BCUT2D eigenvalue weighted by Gasteiger charge is -2.19. The largest absolute Gasteiger partial charge is 0.472 e. The molecule has 0 radical (unpaired) electrons. The summed E-state index contributed by atoms with van der Waals surface area (Å²) >= 11 is 0. The molecule has 0 saturated carbocycles. The number of allylic oxidation sites excluding steroid dienone is 22. The fourth-order valence-electron chi connectivity index (χ4n) is 10.9. The number of hydrogen-bond acceptors (Lipinski definition) is 8. The normalized spacial score (nSPS) is 13.6. The van der Waals surface area contributed by atoms with Crippen molar-refractivity contribution in [2.75, 3.05) is 26.4 Å². The van der Waals surface area contributed by atoms with Crippen LogP contribution in [0.25, 0.3) is 0 Å². The number of hydrogen-bond donors (Lipinski definition) is 2. The van der Waals surface area contributed by atoms with Crippen LogP contribution in [0.2, 0.25) is 0 Å². The lowest BCUT2D eigenvalue weighted by molar-refractivity contribution is -0.161. The van der Waals surface area contributed by atoms with Gasteiger partial charge in [0.2, 0.25) is 0 Å². The molecule has 0 heterocycles. The van der Waals surface area contributed by atoms with E-state index in [4.69, 9.17) is 24.3 Å². The molecular weight excluding hydrogens is 1170 g/mol. The van der Waals surface area contributed by atoms with Gasteiger partial charge < -0.3 is 20.1 Å². The number of ether oxygens (including phenoxy) is 2. The van der Waals surface area contributed by atoms with E-state index in [9.17, 15) is 19.0 Å². The topological polar surface area (TPSA) is 134 Å². The van der Waals surface area contributed by atoms with Crippen molar-refractivity contribution in [1.82, 2.24) is 0 Å². The monoisotopic (exact) mass is 1310 g/mol. The van der Waals surface area contributed by atoms with Gasteiger partial charge in [-0.3, -0.25) is 18.6 Å². The van der Waals surface area contributed by atoms with Crippen molar-refractivity contribution in [3.05, 3.63) is 134 Å². The Morgan fingerprint density at radius 1 is 0.323 bits per heavy atom. The molecule has 2 atom stereocenters. The van der Waals surface area contributed by atoms with Gasteiger partial charge in [0.05, 0.1) is 13.2 Å². The first-order chi connectivity index (χ1) is 45.8. The number of rotatable bonds is 72. The van der Waals surface area contributed by atoms with Crippen molar-refractivity contribution < 1.29 is 37.6 Å². The number of carbonyl (C=O) groups excluding carboxylic acids is 2. The van der Waals surface area contributed by atoms with Gasteiger partial charge in [0.15, 0.2) is 6.10 Å². The first-order valence-corrected chi connectivity index (χ1v) is 40.2. The van der Waals surface area contributed by atoms with E-state index in [-0.39, 0.29) is 38.6 Å². The molecule has 0 aliphatic rings. The summed E-state index contributed by atoms with van der Waals surface area (Å²) in [5, 5.41) is 0. The summed E-state index contributed by atoms with van der Waals surface area (Å²) in [5.74, 6) is -0.818. The van der Waals surface area contributed by atoms with Crippen molar-refractivity contribution in [1.29, 1.82) is 0 Å². The Morgan fingerprint density at radius 2 is 0.559 bits per heavy atom. The van der Waals surface area contributed by atoms with E-state index >= 15 is 0 Å². The van der Waals surface area contributed by atoms with E-state index in [0.717, 1.165) is 109 Å². The van der Waals surface area contributed by atoms with Crippen LogP contribution < -0.4 is 5.73 Å². The third-order valence-electron chi connectivity index (χ3n) is 16.5. The summed E-state index contributed by atoms with van der Waals surface area (Å²) in [6, 6.07) is 0. The molecule has 0 aromatic carbocycles. The van der Waals surface area contributed by atoms with Gasteiger partial charge in [-0.25, -0.2) is 4.57 Å². The maximum atomic E-state index is 12.8. The zero-order valence-corrected chi connectivity index (χ0v) is 61.1. The van der Waals surface area contributed by atoms with Crippen molar-refractivity contribution in [2.24, 2.45) is 5.73 Å². The highest BCUT2D eigenvalue weighted by molar-refractivity contribution is 7.47. The van der Waals surface area contributed by atoms with Crippen molar-refractivity contribution in [3.8, 4) is 0 Å². The number of carbonyl (C=O) groups is 2. The first-order valence-electron chi connectivity index (χ1n) is 38.7. The third-order valence-corrected chi connectivity index (χ3v) is 17.5. The van der Waals surface area contributed by atoms with Gasteiger partial charge in [-0.15, -0.1) is 0 Å². The van der Waals surface area contributed by atoms with E-state index in [0.29, 0.717) is 6.42 Å². The Balaban J connectivity index is 3.81. The van der Waals surface area contributed by atoms with Crippen LogP contribution in [0.4, 0.5) is 0 Å². The summed E-state index contributed by atoms with van der Waals surface area (Å²) in [6.45, 7) is 3.55. The number of nitrogens with two attached hydrogens (primary N) is 1. The predicted molar refractivity (Wildman–Crippen MR) is 404 cm³/mol. The van der Waals surface area contributed by atoms with Gasteiger partial charge >= 0.3 is 19.8 Å². The summed E-state index contributed by atoms with van der Waals surface area (Å²) in [5.41, 5.74) is 5.41. The second kappa shape index (κ2) is 77.2. The molecule has 0 aliphatic heterocycles. The Bertz CT molecular complexity index is 1990. The molecule has 93 heavy (non-hydrogen) atoms. The van der Waals surface area contributed by atoms with Gasteiger partial charge in [0, 0.05) is 19.4 Å². The van der Waals surface area contributed by atoms with Crippen molar-refractivity contribution in [2.45, 2.75) is 354 Å². The second-order valence-electron chi connectivity index (χ2n) is 25.5. The van der Waals surface area contributed by atoms with E-state index in [1.165, 1.54) is 205 Å². The van der Waals surface area contributed by atoms with Crippen LogP contribution in [-0.4, -0.2) is 49.3 Å². The van der Waals surface area contributed by atoms with Crippen LogP contribution in [0.15, 0.2) is 134 Å². The molecule has 0 aliphatic carbocycles. The van der Waals surface area contributed by atoms with Crippen LogP contribution in [0.1, 0.15) is 348 Å². The molecule has 0 aromatic heterocycles. The molecule has 3 N–H and O–H groups in total. The highest BCUT2D eigenvalue weighted by Crippen LogP contribution is 2.43. The molecule has 0 saturated heterocycles. The maximum Gasteiger partial charge on any atom is 0.472 e. The molecule has 0 spiro atoms. The quantitative estimate of drug-likeness (QED) is 0.0264. The lowest BCUT2D eigenvalue weighted by atomic mass is 10.0. The zero-order chi connectivity index (χ0) is 67.2. The minimum atomic E-state index is -4.40. The molecule has 0 rings (SSSR count). The number of phosphoric ester groups is 1. The zero-order valence-electron chi connectivity index (χ0n) is 60.2. The molecule has 0 fully saturated rings. The van der Waals surface area contributed by atoms with E-state index < -0.39 is 26.5 Å². The van der Waals surface area contributed by atoms with Crippen LogP contribution in [-0.2, 0) is 32.7 Å². The minimum Gasteiger partial charge on any atom is -0.462 e. The Labute approximate surface area is 574 Å². The molecule has 2 unspecified atom stereocenters. The van der Waals surface area contributed by atoms with Gasteiger partial charge in [-0.2, -0.15) is 0 Å². The van der Waals surface area contributed by atoms with Crippen LogP contribution in [0.3, 0.4) is 0 Å². The average Bonchev–Trinajstić information content (AvgIpc) is 3.32. The summed E-state index contributed by atoms with van der Waals surface area (Å²) in [4.78, 5) is 35.5. The predicted octanol–water partition coefficient (Wildman–Crippen LogP) is 26.0. The van der Waals surface area contributed by atoms with Gasteiger partial charge in [-0.05, 0) is 109 Å². The summed E-state index contributed by atoms with van der Waals surface area (Å²) < 4.78 is 33.3. The summed E-state index contributed by atoms with van der Waals surface area (Å²) in [6.07, 6.45) is 110. The fourth-order valence-corrected chi connectivity index (χ4v) is 11.7. The smallest absolute Gasteiger partial charge is 0.462 e. The maximum absolute atomic E-state index is 12.8. The SMILES string of the molecule is CC/C=C\C/C=C\C/C=C\C/C=C\C/C=C\C/C=C\CCCCCCCCCCCCCCCCC(=O)OC(COC(=O)CCCCCCCCCCCCCCCCCCCCCCCCC/C=C\C/C=C\C/C=C\C/C=C\C/C=C\CC)COP(=O)(O)OCCN. The fraction of sp³-hybridized carbons (Fsp3) is 0.711. The van der Waals surface area contributed by atoms with E-state index in [1.54, 1.807) is 0 Å². The Hall–Kier alpha value is -3.85. The molecule has 0 bridgehead atoms. The van der Waals surface area contributed by atoms with Gasteiger partial charge in [-0.1, -0.05) is 359 Å². The average molecular weight is 1320 g/mol. The Kier molecular flexibility index (Phi) is 74.0. The molecule has 10 heteroatoms. The molecular formula is C83H144NO8P. The van der Waals surface area contributed by atoms with Crippen molar-refractivity contribution in [3.63, 3.8) is 0 Å². The molecule has 534 valence electrons. The highest BCUT2D eigenvalue weighted by Gasteiger charge is 2.26. The number of unbranched alkanes of at least 4 members (excludes halogenated alkanes) is 37. The number of phosphoric acid groups is 1. The first kappa shape index (κ1) is 89.2. The standard InChI is InChI=1S/C83H144NO8P/c1-3-5-7-9-11-13-15-17-19-21-23-25-27-29-31-33-35-37-38-39-40-41-42-44-45-47-49-51-53-55-57-59-61-63-65-67-69-71-73-75-82(85)89-79-81(80-91-93(87,88)90-78-77-84)92-83(86)76-74-72-70-68-66-64-62-60-58-56-54-52-50-48-46-43-36-34-32-30-28-26-24-22-20-18-16-14-12-10-8-6-4-2/h5-8,11-14,17-20,23-26,29-32,36,43,81H,3-4,9-10,15-16,21-22,27-28,33-35,37-42,44-80,84H2,1-2H3,(H,87,88)/b7-5-,8-6-,13-11-,14-12-,19-17-,20-18-,25-23-,26-24-,31-29-,32-30-,43-36-. The highest BCUT2D eigenvalue weighted by atomic mass is 31.2. The van der Waals surface area contributed by atoms with Crippen LogP contribution in [0, 0.1) is 0 Å². The molecule has 9 nitrogen and oxygen atoms in total. The van der Waals surface area contributed by atoms with Crippen molar-refractivity contribution >= 4 is 19.8 Å². The second-order valence-corrected chi connectivity index (χ2v) is 26.9. The summed E-state index contributed by atoms with van der Waals surface area (Å²) in [7, 11) is -4.40. The molecule has 0 amide bonds. The van der Waals surface area contributed by atoms with Crippen LogP contribution >= 0.6 is 7.82 Å². The Morgan fingerprint density at radius 3 is 0.828 bits per heavy atom. The van der Waals surface area contributed by atoms with Gasteiger partial charge in [0.1, 0.15) is 6.61 Å². The van der Waals surface area contributed by atoms with E-state index in [2.05, 4.69) is 148 Å². The van der Waals surface area contributed by atoms with Crippen LogP contribution in [0.5, 0.6) is 0 Å². The van der Waals surface area contributed by atoms with Gasteiger partial charge in [0.25, 0.3) is 0 Å². The lowest BCUT2D eigenvalue weighted by Crippen LogP contribution is -2.29.